The highest BCUT2D eigenvalue weighted by Gasteiger charge is 2.21. The summed E-state index contributed by atoms with van der Waals surface area (Å²) < 4.78 is 1.93. The number of nitrogens with zero attached hydrogens (tertiary/aromatic N) is 2. The number of aromatic nitrogens is 3. The predicted octanol–water partition coefficient (Wildman–Crippen LogP) is 3.67. The number of rotatable bonds is 5. The number of aryl methyl sites for hydroxylation is 2. The molecule has 0 amide bonds. The molecule has 1 unspecified atom stereocenters. The molecule has 0 saturated carbocycles. The van der Waals surface area contributed by atoms with Gasteiger partial charge in [0.1, 0.15) is 0 Å². The third kappa shape index (κ3) is 3.16. The molecule has 0 fully saturated rings. The summed E-state index contributed by atoms with van der Waals surface area (Å²) >= 11 is 0. The molecule has 0 bridgehead atoms. The Morgan fingerprint density at radius 1 is 1.11 bits per heavy atom. The van der Waals surface area contributed by atoms with E-state index in [0.717, 1.165) is 39.1 Å². The molecule has 0 aliphatic carbocycles. The Morgan fingerprint density at radius 2 is 1.89 bits per heavy atom. The minimum Gasteiger partial charge on any atom is -0.394 e. The Morgan fingerprint density at radius 3 is 2.63 bits per heavy atom. The highest BCUT2D eigenvalue weighted by atomic mass is 16.3. The van der Waals surface area contributed by atoms with Crippen LogP contribution in [0.25, 0.3) is 33.4 Å². The van der Waals surface area contributed by atoms with Gasteiger partial charge in [0.2, 0.25) is 0 Å². The quantitative estimate of drug-likeness (QED) is 0.508. The number of aromatic amines is 1. The van der Waals surface area contributed by atoms with Crippen molar-refractivity contribution in [3.05, 3.63) is 66.1 Å². The lowest BCUT2D eigenvalue weighted by Crippen LogP contribution is -2.20. The summed E-state index contributed by atoms with van der Waals surface area (Å²) in [5.74, 6) is 0. The van der Waals surface area contributed by atoms with Crippen LogP contribution in [0.3, 0.4) is 0 Å². The molecule has 2 aromatic heterocycles. The summed E-state index contributed by atoms with van der Waals surface area (Å²) in [5.41, 5.74) is 7.23. The van der Waals surface area contributed by atoms with Crippen molar-refractivity contribution in [1.82, 2.24) is 14.5 Å². The molecule has 0 radical (unpaired) electrons. The number of H-pyrrole nitrogens is 1. The number of benzene rings is 2. The first kappa shape index (κ1) is 17.5. The lowest BCUT2D eigenvalue weighted by atomic mass is 10.0. The number of nitrogens with one attached hydrogen (secondary N) is 1. The van der Waals surface area contributed by atoms with Gasteiger partial charge in [0.25, 0.3) is 0 Å². The smallest absolute Gasteiger partial charge is 0.0964 e. The highest BCUT2D eigenvalue weighted by molar-refractivity contribution is 6.00. The van der Waals surface area contributed by atoms with Crippen molar-refractivity contribution in [2.45, 2.75) is 26.5 Å². The molecule has 0 aliphatic rings. The molecule has 138 valence electrons. The zero-order valence-corrected chi connectivity index (χ0v) is 15.5. The molecule has 5 nitrogen and oxygen atoms in total. The molecular formula is C22H23N3O2. The lowest BCUT2D eigenvalue weighted by Gasteiger charge is -2.14. The van der Waals surface area contributed by atoms with Gasteiger partial charge in [-0.1, -0.05) is 42.5 Å². The molecule has 2 heterocycles. The first-order chi connectivity index (χ1) is 13.1. The summed E-state index contributed by atoms with van der Waals surface area (Å²) in [6.07, 6.45) is 0.901. The number of aliphatic hydroxyl groups is 2. The molecule has 0 spiro atoms. The van der Waals surface area contributed by atoms with E-state index in [4.69, 9.17) is 0 Å². The van der Waals surface area contributed by atoms with Gasteiger partial charge in [-0.05, 0) is 25.5 Å². The van der Waals surface area contributed by atoms with Crippen LogP contribution in [0.1, 0.15) is 11.3 Å². The van der Waals surface area contributed by atoms with E-state index < -0.39 is 6.10 Å². The third-order valence-corrected chi connectivity index (χ3v) is 4.88. The predicted molar refractivity (Wildman–Crippen MR) is 108 cm³/mol. The van der Waals surface area contributed by atoms with E-state index in [1.54, 1.807) is 6.33 Å². The Bertz CT molecular complexity index is 1080. The minimum atomic E-state index is -0.839. The number of aliphatic hydroxyl groups excluding tert-OH is 2. The van der Waals surface area contributed by atoms with E-state index in [1.807, 2.05) is 34.9 Å². The maximum absolute atomic E-state index is 10.0. The molecule has 0 saturated heterocycles. The zero-order chi connectivity index (χ0) is 19.0. The Balaban J connectivity index is 1.98. The fourth-order valence-electron chi connectivity index (χ4n) is 3.63. The minimum absolute atomic E-state index is 0.281. The second-order valence-corrected chi connectivity index (χ2v) is 6.97. The third-order valence-electron chi connectivity index (χ3n) is 4.88. The van der Waals surface area contributed by atoms with Crippen molar-refractivity contribution < 1.29 is 10.2 Å². The number of hydrogen-bond acceptors (Lipinski definition) is 3. The van der Waals surface area contributed by atoms with Crippen LogP contribution in [0.5, 0.6) is 0 Å². The van der Waals surface area contributed by atoms with Gasteiger partial charge in [0.05, 0.1) is 37.0 Å². The molecular weight excluding hydrogens is 338 g/mol. The van der Waals surface area contributed by atoms with Gasteiger partial charge in [-0.25, -0.2) is 4.98 Å². The monoisotopic (exact) mass is 361 g/mol. The Kier molecular flexibility index (Phi) is 4.56. The van der Waals surface area contributed by atoms with Gasteiger partial charge in [-0.3, -0.25) is 0 Å². The van der Waals surface area contributed by atoms with E-state index in [-0.39, 0.29) is 13.2 Å². The largest absolute Gasteiger partial charge is 0.394 e. The van der Waals surface area contributed by atoms with Crippen LogP contribution in [0.4, 0.5) is 0 Å². The first-order valence-electron chi connectivity index (χ1n) is 9.07. The van der Waals surface area contributed by atoms with Crippen molar-refractivity contribution in [1.29, 1.82) is 0 Å². The number of hydrogen-bond donors (Lipinski definition) is 3. The number of imidazole rings is 1. The summed E-state index contributed by atoms with van der Waals surface area (Å²) in [5, 5.41) is 20.5. The van der Waals surface area contributed by atoms with Crippen molar-refractivity contribution in [2.24, 2.45) is 0 Å². The van der Waals surface area contributed by atoms with Crippen LogP contribution in [0, 0.1) is 13.8 Å². The van der Waals surface area contributed by atoms with E-state index >= 15 is 0 Å². The standard InChI is InChI=1S/C22H23N3O2/c1-14-8-9-18-19(10-14)24-15(2)20(18)22-21(16-6-4-3-5-7-16)23-13-25(22)11-17(27)12-26/h3-10,13,17,24,26-27H,11-12H2,1-2H3. The first-order valence-corrected chi connectivity index (χ1v) is 9.07. The maximum Gasteiger partial charge on any atom is 0.0964 e. The topological polar surface area (TPSA) is 74.1 Å². The van der Waals surface area contributed by atoms with Gasteiger partial charge >= 0.3 is 0 Å². The fourth-order valence-corrected chi connectivity index (χ4v) is 3.63. The van der Waals surface area contributed by atoms with Gasteiger partial charge < -0.3 is 19.8 Å². The van der Waals surface area contributed by atoms with E-state index in [2.05, 4.69) is 42.0 Å². The van der Waals surface area contributed by atoms with Crippen LogP contribution >= 0.6 is 0 Å². The molecule has 3 N–H and O–H groups in total. The summed E-state index contributed by atoms with van der Waals surface area (Å²) in [7, 11) is 0. The van der Waals surface area contributed by atoms with Crippen LogP contribution in [-0.2, 0) is 6.54 Å². The summed E-state index contributed by atoms with van der Waals surface area (Å²) in [6.45, 7) is 4.12. The average Bonchev–Trinajstić information content (AvgIpc) is 3.21. The normalized spacial score (nSPS) is 12.6. The van der Waals surface area contributed by atoms with Crippen molar-refractivity contribution in [3.63, 3.8) is 0 Å². The van der Waals surface area contributed by atoms with Gasteiger partial charge in [0, 0.05) is 27.7 Å². The van der Waals surface area contributed by atoms with Crippen molar-refractivity contribution in [2.75, 3.05) is 6.61 Å². The SMILES string of the molecule is Cc1ccc2c(-c3c(-c4ccccc4)ncn3CC(O)CO)c(C)[nH]c2c1. The van der Waals surface area contributed by atoms with Gasteiger partial charge in [-0.2, -0.15) is 0 Å². The number of fused-ring (bicyclic) bond motifs is 1. The Hall–Kier alpha value is -2.89. The fraction of sp³-hybridized carbons (Fsp3) is 0.227. The molecule has 1 atom stereocenters. The van der Waals surface area contributed by atoms with E-state index in [0.29, 0.717) is 0 Å². The van der Waals surface area contributed by atoms with Crippen LogP contribution in [-0.4, -0.2) is 37.5 Å². The van der Waals surface area contributed by atoms with Gasteiger partial charge in [0.15, 0.2) is 0 Å². The lowest BCUT2D eigenvalue weighted by molar-refractivity contribution is 0.0815. The van der Waals surface area contributed by atoms with Crippen LogP contribution in [0.15, 0.2) is 54.9 Å². The molecule has 4 aromatic rings. The van der Waals surface area contributed by atoms with Crippen molar-refractivity contribution >= 4 is 10.9 Å². The molecule has 0 aliphatic heterocycles. The molecule has 4 rings (SSSR count). The molecule has 5 heteroatoms. The molecule has 27 heavy (non-hydrogen) atoms. The van der Waals surface area contributed by atoms with E-state index in [1.165, 1.54) is 5.56 Å². The second-order valence-electron chi connectivity index (χ2n) is 6.97. The average molecular weight is 361 g/mol. The highest BCUT2D eigenvalue weighted by Crippen LogP contribution is 2.38. The Labute approximate surface area is 157 Å². The zero-order valence-electron chi connectivity index (χ0n) is 15.5. The van der Waals surface area contributed by atoms with E-state index in [9.17, 15) is 10.2 Å². The maximum atomic E-state index is 10.0. The molecule has 2 aromatic carbocycles. The van der Waals surface area contributed by atoms with Crippen molar-refractivity contribution in [3.8, 4) is 22.5 Å². The van der Waals surface area contributed by atoms with Gasteiger partial charge in [-0.15, -0.1) is 0 Å². The summed E-state index contributed by atoms with van der Waals surface area (Å²) in [4.78, 5) is 8.13. The van der Waals surface area contributed by atoms with Crippen LogP contribution < -0.4 is 0 Å². The summed E-state index contributed by atoms with van der Waals surface area (Å²) in [6, 6.07) is 16.4. The van der Waals surface area contributed by atoms with Crippen LogP contribution in [0.2, 0.25) is 0 Å². The second kappa shape index (κ2) is 7.02.